The molecule has 0 aromatic heterocycles. The van der Waals surface area contributed by atoms with Gasteiger partial charge in [0.2, 0.25) is 0 Å². The van der Waals surface area contributed by atoms with Crippen molar-refractivity contribution in [2.24, 2.45) is 11.0 Å². The van der Waals surface area contributed by atoms with Gasteiger partial charge in [-0.1, -0.05) is 37.6 Å². The molecule has 0 aliphatic rings. The monoisotopic (exact) mass is 445 g/mol. The molecule has 1 unspecified atom stereocenters. The van der Waals surface area contributed by atoms with E-state index >= 15 is 0 Å². The number of benzene rings is 2. The van der Waals surface area contributed by atoms with Crippen molar-refractivity contribution in [1.29, 1.82) is 0 Å². The largest absolute Gasteiger partial charge is 0.372 e. The van der Waals surface area contributed by atoms with Crippen molar-refractivity contribution in [3.63, 3.8) is 0 Å². The smallest absolute Gasteiger partial charge is 0.293 e. The Labute approximate surface area is 185 Å². The summed E-state index contributed by atoms with van der Waals surface area (Å²) in [6.45, 7) is 3.57. The van der Waals surface area contributed by atoms with Crippen LogP contribution in [0.2, 0.25) is 5.02 Å². The highest BCUT2D eigenvalue weighted by molar-refractivity contribution is 6.31. The van der Waals surface area contributed by atoms with Gasteiger partial charge in [-0.15, -0.1) is 0 Å². The number of hydrazone groups is 1. The molecule has 0 bridgehead atoms. The van der Waals surface area contributed by atoms with E-state index in [4.69, 9.17) is 11.6 Å². The van der Waals surface area contributed by atoms with Crippen LogP contribution in [0, 0.1) is 16.0 Å². The standard InChI is InChI=1S/C21H24ClN5O4/c1-13(2)19(24-20(28)15-6-5-7-16(22)11-15)21(29)25-23-12-14-8-9-17(26(3)4)18(10-14)27(30)31/h5-13,19H,1-4H3,(H,24,28)(H,25,29). The molecule has 0 aliphatic carbocycles. The molecule has 2 amide bonds. The molecule has 9 nitrogen and oxygen atoms in total. The van der Waals surface area contributed by atoms with E-state index in [1.165, 1.54) is 18.3 Å². The molecule has 0 fully saturated rings. The van der Waals surface area contributed by atoms with Gasteiger partial charge in [-0.3, -0.25) is 19.7 Å². The Balaban J connectivity index is 2.09. The van der Waals surface area contributed by atoms with E-state index in [9.17, 15) is 19.7 Å². The van der Waals surface area contributed by atoms with Gasteiger partial charge in [-0.25, -0.2) is 5.43 Å². The van der Waals surface area contributed by atoms with Gasteiger partial charge < -0.3 is 10.2 Å². The van der Waals surface area contributed by atoms with Gasteiger partial charge in [0.25, 0.3) is 17.5 Å². The highest BCUT2D eigenvalue weighted by Gasteiger charge is 2.24. The maximum atomic E-state index is 12.5. The average Bonchev–Trinajstić information content (AvgIpc) is 2.71. The third kappa shape index (κ3) is 6.51. The molecular weight excluding hydrogens is 422 g/mol. The van der Waals surface area contributed by atoms with Gasteiger partial charge >= 0.3 is 0 Å². The molecule has 2 rings (SSSR count). The Bertz CT molecular complexity index is 1010. The number of amides is 2. The Hall–Kier alpha value is -3.46. The van der Waals surface area contributed by atoms with E-state index in [2.05, 4.69) is 15.8 Å². The van der Waals surface area contributed by atoms with Crippen LogP contribution in [0.1, 0.15) is 29.8 Å². The summed E-state index contributed by atoms with van der Waals surface area (Å²) in [6, 6.07) is 10.2. The third-order valence-electron chi connectivity index (χ3n) is 4.39. The van der Waals surface area contributed by atoms with Crippen LogP contribution in [0.4, 0.5) is 11.4 Å². The second-order valence-corrected chi connectivity index (χ2v) is 7.78. The minimum atomic E-state index is -0.839. The summed E-state index contributed by atoms with van der Waals surface area (Å²) in [5.41, 5.74) is 3.54. The topological polar surface area (TPSA) is 117 Å². The molecule has 0 aliphatic heterocycles. The van der Waals surface area contributed by atoms with Crippen LogP contribution in [0.3, 0.4) is 0 Å². The van der Waals surface area contributed by atoms with Crippen molar-refractivity contribution in [3.8, 4) is 0 Å². The van der Waals surface area contributed by atoms with Crippen LogP contribution < -0.4 is 15.6 Å². The van der Waals surface area contributed by atoms with Crippen molar-refractivity contribution in [1.82, 2.24) is 10.7 Å². The molecule has 31 heavy (non-hydrogen) atoms. The molecule has 0 spiro atoms. The van der Waals surface area contributed by atoms with E-state index in [-0.39, 0.29) is 11.6 Å². The van der Waals surface area contributed by atoms with Crippen molar-refractivity contribution in [3.05, 3.63) is 68.7 Å². The zero-order chi connectivity index (χ0) is 23.1. The van der Waals surface area contributed by atoms with Gasteiger partial charge in [0.1, 0.15) is 11.7 Å². The quantitative estimate of drug-likeness (QED) is 0.367. The molecular formula is C21H24ClN5O4. The average molecular weight is 446 g/mol. The Morgan fingerprint density at radius 1 is 1.19 bits per heavy atom. The summed E-state index contributed by atoms with van der Waals surface area (Å²) in [6.07, 6.45) is 1.31. The number of nitro benzene ring substituents is 1. The second kappa shape index (κ2) is 10.5. The molecule has 2 aromatic rings. The Kier molecular flexibility index (Phi) is 8.09. The van der Waals surface area contributed by atoms with Gasteiger partial charge in [-0.2, -0.15) is 5.10 Å². The summed E-state index contributed by atoms with van der Waals surface area (Å²) in [5, 5.41) is 18.3. The SMILES string of the molecule is CC(C)C(NC(=O)c1cccc(Cl)c1)C(=O)NN=Cc1ccc(N(C)C)c([N+](=O)[O-])c1. The van der Waals surface area contributed by atoms with Crippen LogP contribution >= 0.6 is 11.6 Å². The summed E-state index contributed by atoms with van der Waals surface area (Å²) in [4.78, 5) is 37.4. The van der Waals surface area contributed by atoms with E-state index < -0.39 is 22.8 Å². The lowest BCUT2D eigenvalue weighted by Crippen LogP contribution is -2.48. The molecule has 164 valence electrons. The third-order valence-corrected chi connectivity index (χ3v) is 4.62. The minimum absolute atomic E-state index is 0.0749. The molecule has 2 N–H and O–H groups in total. The van der Waals surface area contributed by atoms with Crippen LogP contribution in [0.25, 0.3) is 0 Å². The number of nitrogens with one attached hydrogen (secondary N) is 2. The predicted octanol–water partition coefficient (Wildman–Crippen LogP) is 3.22. The first-order valence-electron chi connectivity index (χ1n) is 9.45. The van der Waals surface area contributed by atoms with Crippen LogP contribution in [0.5, 0.6) is 0 Å². The fraction of sp³-hybridized carbons (Fsp3) is 0.286. The zero-order valence-electron chi connectivity index (χ0n) is 17.6. The lowest BCUT2D eigenvalue weighted by atomic mass is 10.0. The number of hydrogen-bond acceptors (Lipinski definition) is 6. The molecule has 0 heterocycles. The lowest BCUT2D eigenvalue weighted by Gasteiger charge is -2.20. The molecule has 0 radical (unpaired) electrons. The number of rotatable bonds is 8. The number of hydrogen-bond donors (Lipinski definition) is 2. The van der Waals surface area contributed by atoms with Crippen molar-refractivity contribution in [2.45, 2.75) is 19.9 Å². The minimum Gasteiger partial charge on any atom is -0.372 e. The first-order valence-corrected chi connectivity index (χ1v) is 9.83. The van der Waals surface area contributed by atoms with E-state index in [0.717, 1.165) is 0 Å². The van der Waals surface area contributed by atoms with Crippen molar-refractivity contribution < 1.29 is 14.5 Å². The first kappa shape index (κ1) is 23.8. The fourth-order valence-corrected chi connectivity index (χ4v) is 2.96. The number of halogens is 1. The maximum Gasteiger partial charge on any atom is 0.293 e. The molecule has 10 heteroatoms. The van der Waals surface area contributed by atoms with Crippen molar-refractivity contribution in [2.75, 3.05) is 19.0 Å². The molecule has 0 saturated heterocycles. The van der Waals surface area contributed by atoms with Gasteiger partial charge in [-0.05, 0) is 30.2 Å². The predicted molar refractivity (Wildman–Crippen MR) is 121 cm³/mol. The number of anilines is 1. The highest BCUT2D eigenvalue weighted by atomic mass is 35.5. The van der Waals surface area contributed by atoms with Gasteiger partial charge in [0, 0.05) is 36.3 Å². The van der Waals surface area contributed by atoms with E-state index in [1.807, 2.05) is 0 Å². The van der Waals surface area contributed by atoms with Gasteiger partial charge in [0.05, 0.1) is 11.1 Å². The molecule has 0 saturated carbocycles. The Morgan fingerprint density at radius 3 is 2.48 bits per heavy atom. The van der Waals surface area contributed by atoms with Crippen LogP contribution in [-0.2, 0) is 4.79 Å². The zero-order valence-corrected chi connectivity index (χ0v) is 18.4. The lowest BCUT2D eigenvalue weighted by molar-refractivity contribution is -0.384. The number of carbonyl (C=O) groups is 2. The summed E-state index contributed by atoms with van der Waals surface area (Å²) >= 11 is 5.91. The summed E-state index contributed by atoms with van der Waals surface area (Å²) < 4.78 is 0. The highest BCUT2D eigenvalue weighted by Crippen LogP contribution is 2.27. The molecule has 1 atom stereocenters. The van der Waals surface area contributed by atoms with Crippen molar-refractivity contribution >= 4 is 41.0 Å². The second-order valence-electron chi connectivity index (χ2n) is 7.34. The van der Waals surface area contributed by atoms with E-state index in [1.54, 1.807) is 63.2 Å². The number of nitrogens with zero attached hydrogens (tertiary/aromatic N) is 3. The normalized spacial score (nSPS) is 11.9. The maximum absolute atomic E-state index is 12.5. The number of nitro groups is 1. The fourth-order valence-electron chi connectivity index (χ4n) is 2.77. The first-order chi connectivity index (χ1) is 14.6. The van der Waals surface area contributed by atoms with Crippen LogP contribution in [-0.4, -0.2) is 43.1 Å². The molecule has 2 aromatic carbocycles. The van der Waals surface area contributed by atoms with Gasteiger partial charge in [0.15, 0.2) is 0 Å². The van der Waals surface area contributed by atoms with E-state index in [0.29, 0.717) is 21.8 Å². The summed E-state index contributed by atoms with van der Waals surface area (Å²) in [7, 11) is 3.42. The Morgan fingerprint density at radius 2 is 1.90 bits per heavy atom. The summed E-state index contributed by atoms with van der Waals surface area (Å²) in [5.74, 6) is -1.16. The number of carbonyl (C=O) groups excluding carboxylic acids is 2. The van der Waals surface area contributed by atoms with Crippen LogP contribution in [0.15, 0.2) is 47.6 Å².